The molecule has 0 aliphatic heterocycles. The Hall–Kier alpha value is -1.74. The molecule has 0 amide bonds. The Balaban J connectivity index is 1.85. The lowest BCUT2D eigenvalue weighted by atomic mass is 10.2. The molecule has 0 bridgehead atoms. The van der Waals surface area contributed by atoms with Crippen LogP contribution in [0.3, 0.4) is 0 Å². The van der Waals surface area contributed by atoms with E-state index < -0.39 is 0 Å². The lowest BCUT2D eigenvalue weighted by Crippen LogP contribution is -2.10. The summed E-state index contributed by atoms with van der Waals surface area (Å²) in [6.07, 6.45) is 0. The zero-order chi connectivity index (χ0) is 13.5. The summed E-state index contributed by atoms with van der Waals surface area (Å²) in [5.41, 5.74) is 0.539. The second kappa shape index (κ2) is 7.00. The van der Waals surface area contributed by atoms with Gasteiger partial charge in [0.2, 0.25) is 0 Å². The third kappa shape index (κ3) is 3.86. The third-order valence-electron chi connectivity index (χ3n) is 2.44. The fourth-order valence-electron chi connectivity index (χ4n) is 1.55. The largest absolute Gasteiger partial charge is 0.489 e. The summed E-state index contributed by atoms with van der Waals surface area (Å²) in [6.45, 7) is 0.851. The van der Waals surface area contributed by atoms with Gasteiger partial charge in [0, 0.05) is 0 Å². The van der Waals surface area contributed by atoms with Gasteiger partial charge in [0.25, 0.3) is 0 Å². The number of nitriles is 1. The summed E-state index contributed by atoms with van der Waals surface area (Å²) < 4.78 is 12.2. The molecule has 0 unspecified atom stereocenters. The normalized spacial score (nSPS) is 9.68. The lowest BCUT2D eigenvalue weighted by Gasteiger charge is -2.10. The van der Waals surface area contributed by atoms with Gasteiger partial charge in [0.1, 0.15) is 30.8 Å². The smallest absolute Gasteiger partial charge is 0.137 e. The topological polar surface area (TPSA) is 42.2 Å². The van der Waals surface area contributed by atoms with Gasteiger partial charge in [-0.1, -0.05) is 24.3 Å². The van der Waals surface area contributed by atoms with E-state index >= 15 is 0 Å². The lowest BCUT2D eigenvalue weighted by molar-refractivity contribution is 0.216. The Labute approximate surface area is 125 Å². The second-order valence-corrected chi connectivity index (χ2v) is 4.90. The van der Waals surface area contributed by atoms with Crippen molar-refractivity contribution >= 4 is 22.6 Å². The number of nitrogens with zero attached hydrogens (tertiary/aromatic N) is 1. The van der Waals surface area contributed by atoms with Crippen molar-refractivity contribution < 1.29 is 9.47 Å². The number of hydrogen-bond acceptors (Lipinski definition) is 3. The van der Waals surface area contributed by atoms with Crippen LogP contribution in [0.25, 0.3) is 0 Å². The molecule has 2 aromatic rings. The molecule has 0 aliphatic rings. The average Bonchev–Trinajstić information content (AvgIpc) is 2.45. The predicted octanol–water partition coefficient (Wildman–Crippen LogP) is 3.62. The summed E-state index contributed by atoms with van der Waals surface area (Å²) in [7, 11) is 0. The van der Waals surface area contributed by atoms with E-state index in [1.807, 2.05) is 36.4 Å². The van der Waals surface area contributed by atoms with Crippen LogP contribution in [0.2, 0.25) is 0 Å². The van der Waals surface area contributed by atoms with Crippen LogP contribution in [-0.2, 0) is 0 Å². The second-order valence-electron chi connectivity index (χ2n) is 3.74. The number of para-hydroxylation sites is 2. The zero-order valence-electron chi connectivity index (χ0n) is 10.2. The molecule has 96 valence electrons. The number of rotatable bonds is 5. The van der Waals surface area contributed by atoms with Crippen molar-refractivity contribution in [2.75, 3.05) is 13.2 Å². The van der Waals surface area contributed by atoms with Crippen LogP contribution in [-0.4, -0.2) is 13.2 Å². The minimum absolute atomic E-state index is 0.406. The molecule has 2 aromatic carbocycles. The molecule has 0 N–H and O–H groups in total. The van der Waals surface area contributed by atoms with Gasteiger partial charge >= 0.3 is 0 Å². The molecule has 0 fully saturated rings. The van der Waals surface area contributed by atoms with Crippen LogP contribution in [0.15, 0.2) is 48.5 Å². The first-order valence-electron chi connectivity index (χ1n) is 5.80. The first-order valence-corrected chi connectivity index (χ1v) is 6.88. The van der Waals surface area contributed by atoms with E-state index in [2.05, 4.69) is 28.7 Å². The summed E-state index contributed by atoms with van der Waals surface area (Å²) in [6, 6.07) is 17.1. The molecule has 0 heterocycles. The molecular weight excluding hydrogens is 353 g/mol. The molecular formula is C15H12INO2. The van der Waals surface area contributed by atoms with E-state index in [4.69, 9.17) is 14.7 Å². The van der Waals surface area contributed by atoms with Crippen molar-refractivity contribution in [1.29, 1.82) is 5.26 Å². The van der Waals surface area contributed by atoms with Gasteiger partial charge in [-0.25, -0.2) is 0 Å². The molecule has 0 aromatic heterocycles. The van der Waals surface area contributed by atoms with E-state index in [0.717, 1.165) is 9.32 Å². The molecule has 0 radical (unpaired) electrons. The van der Waals surface area contributed by atoms with Gasteiger partial charge in [-0.15, -0.1) is 0 Å². The zero-order valence-corrected chi connectivity index (χ0v) is 12.3. The standard InChI is InChI=1S/C15H12INO2/c16-13-6-2-4-8-15(13)19-10-9-18-14-7-3-1-5-12(14)11-17/h1-8H,9-10H2. The monoisotopic (exact) mass is 365 g/mol. The van der Waals surface area contributed by atoms with Crippen molar-refractivity contribution in [2.45, 2.75) is 0 Å². The minimum atomic E-state index is 0.406. The predicted molar refractivity (Wildman–Crippen MR) is 81.3 cm³/mol. The maximum Gasteiger partial charge on any atom is 0.137 e. The highest BCUT2D eigenvalue weighted by Crippen LogP contribution is 2.20. The average molecular weight is 365 g/mol. The Morgan fingerprint density at radius 1 is 0.895 bits per heavy atom. The van der Waals surface area contributed by atoms with Crippen molar-refractivity contribution in [3.8, 4) is 17.6 Å². The summed E-state index contributed by atoms with van der Waals surface area (Å²) in [5.74, 6) is 1.44. The molecule has 0 atom stereocenters. The van der Waals surface area contributed by atoms with E-state index in [-0.39, 0.29) is 0 Å². The SMILES string of the molecule is N#Cc1ccccc1OCCOc1ccccc1I. The third-order valence-corrected chi connectivity index (χ3v) is 3.33. The quantitative estimate of drug-likeness (QED) is 0.601. The van der Waals surface area contributed by atoms with Crippen LogP contribution in [0.5, 0.6) is 11.5 Å². The highest BCUT2D eigenvalue weighted by molar-refractivity contribution is 14.1. The summed E-state index contributed by atoms with van der Waals surface area (Å²) >= 11 is 2.23. The molecule has 3 nitrogen and oxygen atoms in total. The number of halogens is 1. The van der Waals surface area contributed by atoms with Gasteiger partial charge in [0.05, 0.1) is 9.13 Å². The van der Waals surface area contributed by atoms with Crippen molar-refractivity contribution in [2.24, 2.45) is 0 Å². The molecule has 2 rings (SSSR count). The number of hydrogen-bond donors (Lipinski definition) is 0. The van der Waals surface area contributed by atoms with Gasteiger partial charge in [-0.3, -0.25) is 0 Å². The molecule has 19 heavy (non-hydrogen) atoms. The van der Waals surface area contributed by atoms with E-state index in [1.54, 1.807) is 12.1 Å². The van der Waals surface area contributed by atoms with Crippen LogP contribution in [0.1, 0.15) is 5.56 Å². The maximum atomic E-state index is 8.93. The van der Waals surface area contributed by atoms with Gasteiger partial charge in [-0.2, -0.15) is 5.26 Å². The van der Waals surface area contributed by atoms with Gasteiger partial charge in [0.15, 0.2) is 0 Å². The van der Waals surface area contributed by atoms with Crippen LogP contribution in [0.4, 0.5) is 0 Å². The number of ether oxygens (including phenoxy) is 2. The first kappa shape index (κ1) is 13.7. The fraction of sp³-hybridized carbons (Fsp3) is 0.133. The van der Waals surface area contributed by atoms with Crippen molar-refractivity contribution in [1.82, 2.24) is 0 Å². The molecule has 0 aliphatic carbocycles. The Morgan fingerprint density at radius 2 is 1.47 bits per heavy atom. The Morgan fingerprint density at radius 3 is 2.16 bits per heavy atom. The maximum absolute atomic E-state index is 8.93. The highest BCUT2D eigenvalue weighted by Gasteiger charge is 2.02. The molecule has 0 saturated heterocycles. The fourth-order valence-corrected chi connectivity index (χ4v) is 2.09. The number of benzene rings is 2. The van der Waals surface area contributed by atoms with Crippen molar-refractivity contribution in [3.05, 3.63) is 57.7 Å². The van der Waals surface area contributed by atoms with Gasteiger partial charge in [-0.05, 0) is 46.9 Å². The first-order chi connectivity index (χ1) is 9.31. The molecule has 0 saturated carbocycles. The van der Waals surface area contributed by atoms with E-state index in [1.165, 1.54) is 0 Å². The van der Waals surface area contributed by atoms with Crippen molar-refractivity contribution in [3.63, 3.8) is 0 Å². The van der Waals surface area contributed by atoms with Crippen LogP contribution in [0, 0.1) is 14.9 Å². The summed E-state index contributed by atoms with van der Waals surface area (Å²) in [4.78, 5) is 0. The van der Waals surface area contributed by atoms with Crippen LogP contribution < -0.4 is 9.47 Å². The molecule has 0 spiro atoms. The molecule has 4 heteroatoms. The highest BCUT2D eigenvalue weighted by atomic mass is 127. The van der Waals surface area contributed by atoms with Crippen LogP contribution >= 0.6 is 22.6 Å². The summed E-state index contributed by atoms with van der Waals surface area (Å²) in [5, 5.41) is 8.93. The van der Waals surface area contributed by atoms with E-state index in [0.29, 0.717) is 24.5 Å². The Kier molecular flexibility index (Phi) is 5.04. The van der Waals surface area contributed by atoms with E-state index in [9.17, 15) is 0 Å². The van der Waals surface area contributed by atoms with Gasteiger partial charge < -0.3 is 9.47 Å². The minimum Gasteiger partial charge on any atom is -0.489 e. The Bertz CT molecular complexity index is 593.